The number of aromatic nitrogens is 4. The summed E-state index contributed by atoms with van der Waals surface area (Å²) in [4.78, 5) is 21.1. The number of hydrogen-bond donors (Lipinski definition) is 2. The van der Waals surface area contributed by atoms with Crippen molar-refractivity contribution in [2.75, 3.05) is 0 Å². The third kappa shape index (κ3) is 6.35. The lowest BCUT2D eigenvalue weighted by atomic mass is 9.97. The molecule has 0 spiro atoms. The molecule has 10 rings (SSSR count). The minimum atomic E-state index is 0.0659. The Morgan fingerprint density at radius 1 is 0.433 bits per heavy atom. The van der Waals surface area contributed by atoms with E-state index in [2.05, 4.69) is 64.1 Å². The number of aromatic hydroxyl groups is 2. The van der Waals surface area contributed by atoms with E-state index in [1.807, 2.05) is 36.4 Å². The standard InChI is InChI=1S/C52H50N4O4/c1-5-9-13-29-23-36-40-21-19-31-17-18-32-20-22-41(54-44(32)43(31)53-40)37-24-30(14-10-6-2)26-39(48(37)58)52-56-46-42-35(28-34(16-12-8-4)50(46)60-52)27-33(15-11-7-3)49-45(42)55-51(59-49)38(25-29)47(36)57/h17-28,57-58H,5-16H2,1-4H3. The van der Waals surface area contributed by atoms with Crippen LogP contribution in [0, 0.1) is 0 Å². The molecule has 5 heterocycles. The van der Waals surface area contributed by atoms with Gasteiger partial charge in [0.05, 0.1) is 32.8 Å². The van der Waals surface area contributed by atoms with Crippen molar-refractivity contribution in [3.63, 3.8) is 0 Å². The van der Waals surface area contributed by atoms with Gasteiger partial charge in [-0.25, -0.2) is 19.9 Å². The molecule has 0 unspecified atom stereocenters. The maximum atomic E-state index is 12.4. The van der Waals surface area contributed by atoms with Gasteiger partial charge in [-0.15, -0.1) is 0 Å². The van der Waals surface area contributed by atoms with E-state index < -0.39 is 0 Å². The van der Waals surface area contributed by atoms with Crippen molar-refractivity contribution in [2.45, 2.75) is 105 Å². The molecule has 0 aliphatic carbocycles. The Kier molecular flexibility index (Phi) is 9.74. The minimum absolute atomic E-state index is 0.0659. The van der Waals surface area contributed by atoms with Crippen molar-refractivity contribution in [3.05, 3.63) is 95.1 Å². The first-order valence-corrected chi connectivity index (χ1v) is 22.0. The number of fused-ring (bicyclic) bond motifs is 12. The molecule has 0 aliphatic rings. The largest absolute Gasteiger partial charge is 0.506 e. The Bertz CT molecular complexity index is 3140. The molecule has 0 atom stereocenters. The van der Waals surface area contributed by atoms with Gasteiger partial charge in [0.2, 0.25) is 11.4 Å². The number of phenols is 2. The Balaban J connectivity index is 1.46. The monoisotopic (exact) mass is 794 g/mol. The van der Waals surface area contributed by atoms with Crippen molar-refractivity contribution < 1.29 is 19.0 Å². The van der Waals surface area contributed by atoms with Gasteiger partial charge in [-0.2, -0.15) is 0 Å². The molecule has 0 aliphatic heterocycles. The predicted octanol–water partition coefficient (Wildman–Crippen LogP) is 14.2. The van der Waals surface area contributed by atoms with Gasteiger partial charge in [-0.3, -0.25) is 0 Å². The summed E-state index contributed by atoms with van der Waals surface area (Å²) in [6, 6.07) is 24.8. The molecule has 0 saturated carbocycles. The summed E-state index contributed by atoms with van der Waals surface area (Å²) in [7, 11) is 0. The van der Waals surface area contributed by atoms with Crippen LogP contribution in [0.25, 0.3) is 98.8 Å². The van der Waals surface area contributed by atoms with Crippen LogP contribution in [0.15, 0.2) is 81.6 Å². The zero-order valence-corrected chi connectivity index (χ0v) is 34.9. The highest BCUT2D eigenvalue weighted by Crippen LogP contribution is 2.42. The first kappa shape index (κ1) is 38.0. The normalized spacial score (nSPS) is 12.3. The number of hydrogen-bond acceptors (Lipinski definition) is 8. The fraction of sp³-hybridized carbons (Fsp3) is 0.308. The van der Waals surface area contributed by atoms with Crippen LogP contribution in [0.2, 0.25) is 0 Å². The molecule has 8 nitrogen and oxygen atoms in total. The average Bonchev–Trinajstić information content (AvgIpc) is 3.92. The van der Waals surface area contributed by atoms with Gasteiger partial charge in [-0.1, -0.05) is 77.6 Å². The number of benzene rings is 5. The van der Waals surface area contributed by atoms with E-state index in [1.54, 1.807) is 0 Å². The number of rotatable bonds is 12. The molecule has 0 radical (unpaired) electrons. The molecule has 8 heteroatoms. The number of unbranched alkanes of at least 4 members (excludes halogenated alkanes) is 4. The molecule has 0 amide bonds. The van der Waals surface area contributed by atoms with E-state index in [4.69, 9.17) is 28.8 Å². The lowest BCUT2D eigenvalue weighted by Gasteiger charge is -2.08. The summed E-state index contributed by atoms with van der Waals surface area (Å²) in [5.74, 6) is 0.132. The summed E-state index contributed by atoms with van der Waals surface area (Å²) in [6.45, 7) is 8.77. The van der Waals surface area contributed by atoms with Crippen LogP contribution < -0.4 is 0 Å². The second kappa shape index (κ2) is 15.4. The Morgan fingerprint density at radius 3 is 1.27 bits per heavy atom. The molecule has 5 aromatic carbocycles. The quantitative estimate of drug-likeness (QED) is 0.117. The molecule has 2 N–H and O–H groups in total. The molecule has 10 aromatic rings. The van der Waals surface area contributed by atoms with Crippen LogP contribution in [-0.2, 0) is 25.7 Å². The second-order valence-electron chi connectivity index (χ2n) is 16.7. The summed E-state index contributed by atoms with van der Waals surface area (Å²) in [6.07, 6.45) is 11.4. The number of nitrogens with zero attached hydrogens (tertiary/aromatic N) is 4. The molecule has 0 fully saturated rings. The van der Waals surface area contributed by atoms with Gasteiger partial charge >= 0.3 is 0 Å². The number of phenolic OH excluding ortho intramolecular Hbond substituents is 2. The number of oxazole rings is 2. The van der Waals surface area contributed by atoms with Gasteiger partial charge in [0.1, 0.15) is 22.5 Å². The summed E-state index contributed by atoms with van der Waals surface area (Å²) in [5, 5.41) is 30.7. The van der Waals surface area contributed by atoms with Crippen molar-refractivity contribution >= 4 is 98.8 Å². The fourth-order valence-electron chi connectivity index (χ4n) is 9.05. The summed E-state index contributed by atoms with van der Waals surface area (Å²) >= 11 is 0. The first-order chi connectivity index (χ1) is 29.4. The maximum Gasteiger partial charge on any atom is 0.231 e. The van der Waals surface area contributed by atoms with Crippen LogP contribution in [-0.4, -0.2) is 30.1 Å². The van der Waals surface area contributed by atoms with E-state index in [0.717, 1.165) is 121 Å². The fourth-order valence-corrected chi connectivity index (χ4v) is 9.05. The molecule has 302 valence electrons. The topological polar surface area (TPSA) is 118 Å². The Labute approximate surface area is 347 Å². The van der Waals surface area contributed by atoms with E-state index in [0.29, 0.717) is 77.2 Å². The molecular formula is C52H50N4O4. The van der Waals surface area contributed by atoms with E-state index in [-0.39, 0.29) is 11.5 Å². The molecule has 0 saturated heterocycles. The SMILES string of the molecule is CCCCc1cc2c(O)c(c1)c1nc3c(o1)c(CCCC)cc1cc(CCCC)c4oc(nc4c13)c1cc(CCCC)cc(c1O)c1ccc3ccc4ccc2nc4c3n1. The molecule has 60 heavy (non-hydrogen) atoms. The molecule has 12 bridgehead atoms. The van der Waals surface area contributed by atoms with E-state index in [1.165, 1.54) is 0 Å². The Hall–Kier alpha value is -6.28. The third-order valence-corrected chi connectivity index (χ3v) is 12.4. The van der Waals surface area contributed by atoms with Crippen LogP contribution in [0.5, 0.6) is 11.5 Å². The van der Waals surface area contributed by atoms with Gasteiger partial charge in [-0.05, 0) is 128 Å². The van der Waals surface area contributed by atoms with Crippen molar-refractivity contribution in [3.8, 4) is 11.5 Å². The zero-order valence-electron chi connectivity index (χ0n) is 34.9. The van der Waals surface area contributed by atoms with Crippen molar-refractivity contribution in [1.82, 2.24) is 19.9 Å². The van der Waals surface area contributed by atoms with Gasteiger partial charge in [0.25, 0.3) is 0 Å². The number of aryl methyl sites for hydroxylation is 4. The summed E-state index contributed by atoms with van der Waals surface area (Å²) < 4.78 is 13.7. The minimum Gasteiger partial charge on any atom is -0.506 e. The average molecular weight is 795 g/mol. The highest BCUT2D eigenvalue weighted by Gasteiger charge is 2.23. The van der Waals surface area contributed by atoms with E-state index in [9.17, 15) is 10.2 Å². The third-order valence-electron chi connectivity index (χ3n) is 12.4. The van der Waals surface area contributed by atoms with Gasteiger partial charge in [0, 0.05) is 26.9 Å². The number of pyridine rings is 2. The Morgan fingerprint density at radius 2 is 0.833 bits per heavy atom. The highest BCUT2D eigenvalue weighted by atomic mass is 16.3. The molecule has 5 aromatic heterocycles. The van der Waals surface area contributed by atoms with Gasteiger partial charge < -0.3 is 19.0 Å². The van der Waals surface area contributed by atoms with Crippen LogP contribution >= 0.6 is 0 Å². The second-order valence-corrected chi connectivity index (χ2v) is 16.7. The highest BCUT2D eigenvalue weighted by molar-refractivity contribution is 6.19. The lowest BCUT2D eigenvalue weighted by Crippen LogP contribution is -1.92. The van der Waals surface area contributed by atoms with Gasteiger partial charge in [0.15, 0.2) is 11.2 Å². The zero-order chi connectivity index (χ0) is 41.1. The predicted molar refractivity (Wildman–Crippen MR) is 246 cm³/mol. The van der Waals surface area contributed by atoms with Crippen molar-refractivity contribution in [2.24, 2.45) is 0 Å². The smallest absolute Gasteiger partial charge is 0.231 e. The maximum absolute atomic E-state index is 12.4. The summed E-state index contributed by atoms with van der Waals surface area (Å²) in [5.41, 5.74) is 10.4. The van der Waals surface area contributed by atoms with Crippen molar-refractivity contribution in [1.29, 1.82) is 0 Å². The van der Waals surface area contributed by atoms with Crippen LogP contribution in [0.3, 0.4) is 0 Å². The lowest BCUT2D eigenvalue weighted by molar-refractivity contribution is 0.486. The molecular weight excluding hydrogens is 745 g/mol. The van der Waals surface area contributed by atoms with E-state index >= 15 is 0 Å². The van der Waals surface area contributed by atoms with Crippen LogP contribution in [0.1, 0.15) is 101 Å². The van der Waals surface area contributed by atoms with Crippen LogP contribution in [0.4, 0.5) is 0 Å². The first-order valence-electron chi connectivity index (χ1n) is 22.0.